The lowest BCUT2D eigenvalue weighted by Crippen LogP contribution is -2.71. The number of β-lactam (4-membered cyclic amide) rings is 1. The molecule has 4 N–H and O–H groups in total. The molecule has 1 aromatic rings. The zero-order valence-corrected chi connectivity index (χ0v) is 17.7. The van der Waals surface area contributed by atoms with Crippen molar-refractivity contribution < 1.29 is 29.0 Å². The highest BCUT2D eigenvalue weighted by Crippen LogP contribution is 2.40. The average molecular weight is 454 g/mol. The van der Waals surface area contributed by atoms with Crippen LogP contribution in [-0.4, -0.2) is 74.8 Å². The highest BCUT2D eigenvalue weighted by Gasteiger charge is 2.54. The lowest BCUT2D eigenvalue weighted by Gasteiger charge is -2.49. The Balaban J connectivity index is 1.77. The number of thioether (sulfide) groups is 1. The van der Waals surface area contributed by atoms with Crippen molar-refractivity contribution in [3.05, 3.63) is 22.3 Å². The number of carboxylic acid groups (broad SMARTS) is 1. The number of fused-ring (bicyclic) bond motifs is 1. The Bertz CT molecular complexity index is 972. The van der Waals surface area contributed by atoms with Gasteiger partial charge in [0.05, 0.1) is 0 Å². The van der Waals surface area contributed by atoms with Crippen LogP contribution in [0.2, 0.25) is 0 Å². The molecule has 1 saturated heterocycles. The van der Waals surface area contributed by atoms with Gasteiger partial charge in [-0.1, -0.05) is 0 Å². The van der Waals surface area contributed by atoms with E-state index < -0.39 is 35.2 Å². The van der Waals surface area contributed by atoms with Crippen LogP contribution < -0.4 is 11.1 Å². The zero-order chi connectivity index (χ0) is 22.0. The van der Waals surface area contributed by atoms with Gasteiger partial charge in [0.25, 0.3) is 11.8 Å². The van der Waals surface area contributed by atoms with Gasteiger partial charge >= 0.3 is 11.9 Å². The van der Waals surface area contributed by atoms with E-state index in [0.29, 0.717) is 17.8 Å². The van der Waals surface area contributed by atoms with Gasteiger partial charge in [0, 0.05) is 30.2 Å². The second-order valence-corrected chi connectivity index (χ2v) is 8.29. The van der Waals surface area contributed by atoms with Crippen molar-refractivity contribution in [2.45, 2.75) is 25.3 Å². The summed E-state index contributed by atoms with van der Waals surface area (Å²) in [7, 11) is 0. The molecule has 0 spiro atoms. The smallest absolute Gasteiger partial charge is 0.352 e. The molecule has 3 heterocycles. The maximum Gasteiger partial charge on any atom is 0.352 e. The molecule has 11 nitrogen and oxygen atoms in total. The van der Waals surface area contributed by atoms with E-state index in [4.69, 9.17) is 10.5 Å². The number of hydrogen-bond acceptors (Lipinski definition) is 10. The minimum atomic E-state index is -1.30. The van der Waals surface area contributed by atoms with Crippen LogP contribution in [0.5, 0.6) is 0 Å². The van der Waals surface area contributed by atoms with E-state index in [9.17, 15) is 24.3 Å². The van der Waals surface area contributed by atoms with Gasteiger partial charge in [-0.2, -0.15) is 0 Å². The summed E-state index contributed by atoms with van der Waals surface area (Å²) in [5.74, 6) is -2.76. The van der Waals surface area contributed by atoms with Crippen molar-refractivity contribution in [1.29, 1.82) is 0 Å². The normalized spacial score (nSPS) is 21.1. The molecule has 2 atom stereocenters. The predicted octanol–water partition coefficient (Wildman–Crippen LogP) is -0.164. The molecule has 30 heavy (non-hydrogen) atoms. The van der Waals surface area contributed by atoms with Crippen LogP contribution in [0.4, 0.5) is 5.13 Å². The number of aromatic nitrogens is 1. The first-order valence-electron chi connectivity index (χ1n) is 8.84. The molecular weight excluding hydrogens is 434 g/mol. The van der Waals surface area contributed by atoms with E-state index in [2.05, 4.69) is 15.3 Å². The van der Waals surface area contributed by atoms with Gasteiger partial charge in [0.1, 0.15) is 35.1 Å². The van der Waals surface area contributed by atoms with E-state index in [1.165, 1.54) is 18.7 Å². The molecule has 3 rings (SSSR count). The fourth-order valence-electron chi connectivity index (χ4n) is 3.02. The maximum atomic E-state index is 12.7. The number of esters is 1. The number of nitrogens with zero attached hydrogens (tertiary/aromatic N) is 3. The van der Waals surface area contributed by atoms with Crippen molar-refractivity contribution in [3.8, 4) is 0 Å². The number of amides is 2. The highest BCUT2D eigenvalue weighted by molar-refractivity contribution is 8.00. The van der Waals surface area contributed by atoms with Crippen molar-refractivity contribution in [3.63, 3.8) is 0 Å². The first-order chi connectivity index (χ1) is 14.2. The summed E-state index contributed by atoms with van der Waals surface area (Å²) in [5.41, 5.74) is 6.10. The minimum Gasteiger partial charge on any atom is -0.477 e. The number of anilines is 1. The predicted molar refractivity (Wildman–Crippen MR) is 110 cm³/mol. The molecule has 13 heteroatoms. The molecule has 2 aliphatic rings. The molecule has 0 aromatic carbocycles. The monoisotopic (exact) mass is 453 g/mol. The summed E-state index contributed by atoms with van der Waals surface area (Å²) in [6, 6.07) is -0.912. The van der Waals surface area contributed by atoms with Crippen molar-refractivity contribution in [2.75, 3.05) is 24.6 Å². The Morgan fingerprint density at radius 2 is 2.20 bits per heavy atom. The minimum absolute atomic E-state index is 0.0575. The Morgan fingerprint density at radius 3 is 2.77 bits per heavy atom. The Morgan fingerprint density at radius 1 is 1.47 bits per heavy atom. The number of carbonyl (C=O) groups excluding carboxylic acids is 3. The molecule has 0 bridgehead atoms. The number of thiazole rings is 1. The van der Waals surface area contributed by atoms with Gasteiger partial charge < -0.3 is 20.9 Å². The average Bonchev–Trinajstić information content (AvgIpc) is 3.13. The Labute approximate surface area is 179 Å². The first-order valence-corrected chi connectivity index (χ1v) is 10.8. The van der Waals surface area contributed by atoms with Crippen LogP contribution in [0.3, 0.4) is 0 Å². The van der Waals surface area contributed by atoms with Gasteiger partial charge in [-0.3, -0.25) is 24.3 Å². The Kier molecular flexibility index (Phi) is 6.41. The fourth-order valence-corrected chi connectivity index (χ4v) is 4.89. The lowest BCUT2D eigenvalue weighted by atomic mass is 10.0. The van der Waals surface area contributed by atoms with Crippen molar-refractivity contribution in [1.82, 2.24) is 15.2 Å². The number of nitrogens with one attached hydrogen (secondary N) is 1. The number of aliphatic imine (C=N–C) groups is 1. The number of ether oxygens (including phenoxy) is 1. The standard InChI is InChI=1S/C17H19N5O6S2/c1-3-19-10(9-6-30-17(18)20-9)13(24)21-11-14(25)22-12(16(26)27)8(4-28-7(2)23)5-29-15(11)22/h6,11,15H,3-5H2,1-2H3,(H2,18,20)(H,21,24)(H,26,27). The maximum absolute atomic E-state index is 12.7. The van der Waals surface area contributed by atoms with Crippen molar-refractivity contribution in [2.24, 2.45) is 4.99 Å². The van der Waals surface area contributed by atoms with E-state index in [1.807, 2.05) is 0 Å². The Hall–Kier alpha value is -2.93. The molecule has 1 fully saturated rings. The van der Waals surface area contributed by atoms with E-state index >= 15 is 0 Å². The number of nitrogen functional groups attached to an aromatic ring is 1. The molecule has 0 aliphatic carbocycles. The second-order valence-electron chi connectivity index (χ2n) is 6.29. The summed E-state index contributed by atoms with van der Waals surface area (Å²) >= 11 is 2.44. The molecule has 0 saturated carbocycles. The largest absolute Gasteiger partial charge is 0.477 e. The summed E-state index contributed by atoms with van der Waals surface area (Å²) < 4.78 is 4.89. The van der Waals surface area contributed by atoms with Crippen LogP contribution in [0.15, 0.2) is 21.6 Å². The van der Waals surface area contributed by atoms with Crippen LogP contribution >= 0.6 is 23.1 Å². The summed E-state index contributed by atoms with van der Waals surface area (Å²) in [6.45, 7) is 3.08. The fraction of sp³-hybridized carbons (Fsp3) is 0.412. The van der Waals surface area contributed by atoms with E-state index in [1.54, 1.807) is 12.3 Å². The SMILES string of the molecule is CCN=C(C(=O)NC1C(=O)N2C(C(=O)O)=C(COC(C)=O)CSC12)c1csc(N)n1. The van der Waals surface area contributed by atoms with Gasteiger partial charge in [-0.05, 0) is 6.92 Å². The number of nitrogens with two attached hydrogens (primary N) is 1. The second kappa shape index (κ2) is 8.83. The third-order valence-electron chi connectivity index (χ3n) is 4.28. The van der Waals surface area contributed by atoms with Crippen LogP contribution in [-0.2, 0) is 23.9 Å². The van der Waals surface area contributed by atoms with Crippen LogP contribution in [0.1, 0.15) is 19.5 Å². The molecule has 1 aromatic heterocycles. The number of carbonyl (C=O) groups is 4. The van der Waals surface area contributed by atoms with Crippen LogP contribution in [0, 0.1) is 0 Å². The molecule has 2 aliphatic heterocycles. The first kappa shape index (κ1) is 21.8. The summed E-state index contributed by atoms with van der Waals surface area (Å²) in [4.78, 5) is 57.5. The lowest BCUT2D eigenvalue weighted by molar-refractivity contribution is -0.150. The number of hydrogen-bond donors (Lipinski definition) is 3. The van der Waals surface area contributed by atoms with E-state index in [0.717, 1.165) is 16.2 Å². The van der Waals surface area contributed by atoms with Crippen LogP contribution in [0.25, 0.3) is 0 Å². The number of aliphatic carboxylic acids is 1. The number of carboxylic acids is 1. The van der Waals surface area contributed by atoms with Gasteiger partial charge in [-0.15, -0.1) is 23.1 Å². The quantitative estimate of drug-likeness (QED) is 0.289. The summed E-state index contributed by atoms with van der Waals surface area (Å²) in [5, 5.41) is 13.5. The third kappa shape index (κ3) is 4.16. The molecule has 2 unspecified atom stereocenters. The molecule has 160 valence electrons. The van der Waals surface area contributed by atoms with Gasteiger partial charge in [0.15, 0.2) is 5.13 Å². The third-order valence-corrected chi connectivity index (χ3v) is 6.30. The topological polar surface area (TPSA) is 164 Å². The summed E-state index contributed by atoms with van der Waals surface area (Å²) in [6.07, 6.45) is 0. The van der Waals surface area contributed by atoms with Gasteiger partial charge in [0.2, 0.25) is 0 Å². The van der Waals surface area contributed by atoms with Crippen molar-refractivity contribution >= 4 is 57.7 Å². The highest BCUT2D eigenvalue weighted by atomic mass is 32.2. The zero-order valence-electron chi connectivity index (χ0n) is 16.1. The molecule has 0 radical (unpaired) electrons. The number of rotatable bonds is 7. The van der Waals surface area contributed by atoms with E-state index in [-0.39, 0.29) is 28.9 Å². The molecule has 2 amide bonds. The van der Waals surface area contributed by atoms with Gasteiger partial charge in [-0.25, -0.2) is 9.78 Å². The molecular formula is C17H19N5O6S2.